The number of rotatable bonds is 6. The fraction of sp³-hybridized carbons (Fsp3) is 0.500. The highest BCUT2D eigenvalue weighted by Crippen LogP contribution is 2.36. The van der Waals surface area contributed by atoms with E-state index in [0.29, 0.717) is 6.61 Å². The van der Waals surface area contributed by atoms with E-state index in [1.54, 1.807) is 0 Å². The van der Waals surface area contributed by atoms with Gasteiger partial charge in [0.1, 0.15) is 12.6 Å². The molecule has 1 rings (SSSR count). The summed E-state index contributed by atoms with van der Waals surface area (Å²) in [5.41, 5.74) is -1.14. The molecule has 0 atom stereocenters. The molecule has 0 aliphatic rings. The lowest BCUT2D eigenvalue weighted by Gasteiger charge is -2.25. The highest BCUT2D eigenvalue weighted by Gasteiger charge is 2.35. The molecular formula is C14H17ClF3NO2. The summed E-state index contributed by atoms with van der Waals surface area (Å²) in [5.74, 6) is -0.857. The first kappa shape index (κ1) is 17.8. The van der Waals surface area contributed by atoms with Gasteiger partial charge in [-0.05, 0) is 18.1 Å². The van der Waals surface area contributed by atoms with E-state index in [-0.39, 0.29) is 18.3 Å². The van der Waals surface area contributed by atoms with E-state index < -0.39 is 23.5 Å². The van der Waals surface area contributed by atoms with Crippen LogP contribution in [0.15, 0.2) is 24.3 Å². The van der Waals surface area contributed by atoms with Crippen LogP contribution < -0.4 is 4.90 Å². The largest absolute Gasteiger partial charge is 0.418 e. The van der Waals surface area contributed by atoms with E-state index in [1.165, 1.54) is 18.2 Å². The highest BCUT2D eigenvalue weighted by atomic mass is 35.5. The maximum Gasteiger partial charge on any atom is 0.418 e. The number of anilines is 1. The van der Waals surface area contributed by atoms with E-state index >= 15 is 0 Å². The number of benzene rings is 1. The molecule has 0 aliphatic carbocycles. The summed E-state index contributed by atoms with van der Waals surface area (Å²) in [6.45, 7) is 3.87. The molecule has 0 aliphatic heterocycles. The second-order valence-electron chi connectivity index (χ2n) is 4.86. The quantitative estimate of drug-likeness (QED) is 0.587. The van der Waals surface area contributed by atoms with E-state index in [2.05, 4.69) is 0 Å². The number of amides is 1. The second-order valence-corrected chi connectivity index (χ2v) is 5.13. The number of para-hydroxylation sites is 1. The molecular weight excluding hydrogens is 307 g/mol. The van der Waals surface area contributed by atoms with Crippen molar-refractivity contribution in [2.45, 2.75) is 20.0 Å². The minimum absolute atomic E-state index is 0.204. The molecule has 1 aromatic rings. The molecule has 118 valence electrons. The topological polar surface area (TPSA) is 29.5 Å². The molecule has 0 radical (unpaired) electrons. The van der Waals surface area contributed by atoms with Gasteiger partial charge in [-0.15, -0.1) is 11.6 Å². The predicted molar refractivity (Wildman–Crippen MR) is 75.3 cm³/mol. The monoisotopic (exact) mass is 323 g/mol. The summed E-state index contributed by atoms with van der Waals surface area (Å²) in [7, 11) is 0. The number of halogens is 4. The Kier molecular flexibility index (Phi) is 6.48. The standard InChI is InChI=1S/C14H17ClF3NO2/c1-10(2)8-21-9-19(13(20)7-15)12-6-4-3-5-11(12)14(16,17)18/h3-6,10H,7-9H2,1-2H3. The summed E-state index contributed by atoms with van der Waals surface area (Å²) < 4.78 is 44.3. The Balaban J connectivity index is 3.06. The summed E-state index contributed by atoms with van der Waals surface area (Å²) in [6, 6.07) is 4.85. The molecule has 21 heavy (non-hydrogen) atoms. The zero-order chi connectivity index (χ0) is 16.0. The van der Waals surface area contributed by atoms with Crippen LogP contribution in [-0.4, -0.2) is 25.1 Å². The summed E-state index contributed by atoms with van der Waals surface area (Å²) in [6.07, 6.45) is -4.56. The molecule has 0 saturated carbocycles. The molecule has 0 heterocycles. The van der Waals surface area contributed by atoms with Crippen LogP contribution in [0.3, 0.4) is 0 Å². The predicted octanol–water partition coefficient (Wildman–Crippen LogP) is 3.91. The third-order valence-electron chi connectivity index (χ3n) is 2.59. The van der Waals surface area contributed by atoms with E-state index in [0.717, 1.165) is 11.0 Å². The number of hydrogen-bond acceptors (Lipinski definition) is 2. The average Bonchev–Trinajstić information content (AvgIpc) is 2.41. The summed E-state index contributed by atoms with van der Waals surface area (Å²) >= 11 is 5.48. The van der Waals surface area contributed by atoms with Crippen molar-refractivity contribution in [3.63, 3.8) is 0 Å². The fourth-order valence-corrected chi connectivity index (χ4v) is 1.82. The third kappa shape index (κ3) is 5.21. The lowest BCUT2D eigenvalue weighted by molar-refractivity contribution is -0.137. The Morgan fingerprint density at radius 3 is 2.48 bits per heavy atom. The number of nitrogens with zero attached hydrogens (tertiary/aromatic N) is 1. The van der Waals surface area contributed by atoms with Crippen LogP contribution >= 0.6 is 11.6 Å². The summed E-state index contributed by atoms with van der Waals surface area (Å²) in [4.78, 5) is 12.7. The average molecular weight is 324 g/mol. The Morgan fingerprint density at radius 1 is 1.33 bits per heavy atom. The first-order valence-corrected chi connectivity index (χ1v) is 6.91. The van der Waals surface area contributed by atoms with Crippen molar-refractivity contribution >= 4 is 23.2 Å². The van der Waals surface area contributed by atoms with Crippen LogP contribution in [0, 0.1) is 5.92 Å². The zero-order valence-electron chi connectivity index (χ0n) is 11.8. The lowest BCUT2D eigenvalue weighted by atomic mass is 10.1. The molecule has 0 aromatic heterocycles. The molecule has 0 fully saturated rings. The zero-order valence-corrected chi connectivity index (χ0v) is 12.5. The van der Waals surface area contributed by atoms with Crippen LogP contribution in [0.1, 0.15) is 19.4 Å². The first-order valence-electron chi connectivity index (χ1n) is 6.37. The van der Waals surface area contributed by atoms with Crippen molar-refractivity contribution in [1.29, 1.82) is 0 Å². The maximum atomic E-state index is 13.0. The van der Waals surface area contributed by atoms with Crippen LogP contribution in [-0.2, 0) is 15.7 Å². The molecule has 1 amide bonds. The lowest BCUT2D eigenvalue weighted by Crippen LogP contribution is -2.36. The Labute approximate surface area is 126 Å². The third-order valence-corrected chi connectivity index (χ3v) is 2.82. The van der Waals surface area contributed by atoms with E-state index in [9.17, 15) is 18.0 Å². The smallest absolute Gasteiger partial charge is 0.360 e. The van der Waals surface area contributed by atoms with Gasteiger partial charge in [0, 0.05) is 0 Å². The van der Waals surface area contributed by atoms with Gasteiger partial charge in [-0.1, -0.05) is 26.0 Å². The normalized spacial score (nSPS) is 11.8. The minimum atomic E-state index is -4.56. The molecule has 0 saturated heterocycles. The van der Waals surface area contributed by atoms with E-state index in [4.69, 9.17) is 16.3 Å². The van der Waals surface area contributed by atoms with Gasteiger partial charge < -0.3 is 4.74 Å². The van der Waals surface area contributed by atoms with Crippen molar-refractivity contribution in [3.8, 4) is 0 Å². The van der Waals surface area contributed by atoms with Gasteiger partial charge in [-0.2, -0.15) is 13.2 Å². The Bertz CT molecular complexity index is 478. The van der Waals surface area contributed by atoms with Crippen LogP contribution in [0.25, 0.3) is 0 Å². The second kappa shape index (κ2) is 7.66. The van der Waals surface area contributed by atoms with Crippen molar-refractivity contribution in [3.05, 3.63) is 29.8 Å². The van der Waals surface area contributed by atoms with Gasteiger partial charge >= 0.3 is 6.18 Å². The van der Waals surface area contributed by atoms with E-state index in [1.807, 2.05) is 13.8 Å². The minimum Gasteiger partial charge on any atom is -0.360 e. The number of ether oxygens (including phenoxy) is 1. The number of carbonyl (C=O) groups excluding carboxylic acids is 1. The molecule has 1 aromatic carbocycles. The number of carbonyl (C=O) groups is 1. The van der Waals surface area contributed by atoms with Crippen molar-refractivity contribution in [2.75, 3.05) is 24.1 Å². The first-order chi connectivity index (χ1) is 9.77. The number of alkyl halides is 4. The Hall–Kier alpha value is -1.27. The van der Waals surface area contributed by atoms with Crippen LogP contribution in [0.5, 0.6) is 0 Å². The maximum absolute atomic E-state index is 13.0. The highest BCUT2D eigenvalue weighted by molar-refractivity contribution is 6.29. The molecule has 0 bridgehead atoms. The van der Waals surface area contributed by atoms with Crippen LogP contribution in [0.4, 0.5) is 18.9 Å². The fourth-order valence-electron chi connectivity index (χ4n) is 1.68. The van der Waals surface area contributed by atoms with Crippen molar-refractivity contribution in [1.82, 2.24) is 0 Å². The van der Waals surface area contributed by atoms with Gasteiger partial charge in [0.05, 0.1) is 17.9 Å². The van der Waals surface area contributed by atoms with Gasteiger partial charge in [-0.3, -0.25) is 9.69 Å². The van der Waals surface area contributed by atoms with Crippen LogP contribution in [0.2, 0.25) is 0 Å². The molecule has 7 heteroatoms. The van der Waals surface area contributed by atoms with Crippen molar-refractivity contribution in [2.24, 2.45) is 5.92 Å². The number of hydrogen-bond donors (Lipinski definition) is 0. The summed E-state index contributed by atoms with van der Waals surface area (Å²) in [5, 5.41) is 0. The van der Waals surface area contributed by atoms with Gasteiger partial charge in [0.2, 0.25) is 5.91 Å². The molecule has 0 N–H and O–H groups in total. The van der Waals surface area contributed by atoms with Crippen molar-refractivity contribution < 1.29 is 22.7 Å². The Morgan fingerprint density at radius 2 is 1.95 bits per heavy atom. The van der Waals surface area contributed by atoms with Gasteiger partial charge in [0.15, 0.2) is 0 Å². The molecule has 0 unspecified atom stereocenters. The van der Waals surface area contributed by atoms with Gasteiger partial charge in [-0.25, -0.2) is 0 Å². The molecule has 0 spiro atoms. The SMILES string of the molecule is CC(C)COCN(C(=O)CCl)c1ccccc1C(F)(F)F. The van der Waals surface area contributed by atoms with Gasteiger partial charge in [0.25, 0.3) is 0 Å². The molecule has 3 nitrogen and oxygen atoms in total.